The summed E-state index contributed by atoms with van der Waals surface area (Å²) >= 11 is 5.68. The van der Waals surface area contributed by atoms with Crippen molar-refractivity contribution in [3.63, 3.8) is 0 Å². The molecule has 1 amide bonds. The molecule has 1 aromatic heterocycles. The van der Waals surface area contributed by atoms with Crippen LogP contribution in [0.25, 0.3) is 0 Å². The molecule has 0 bridgehead atoms. The summed E-state index contributed by atoms with van der Waals surface area (Å²) in [6.45, 7) is 1.48. The molecule has 102 valence electrons. The molecule has 0 N–H and O–H groups in total. The van der Waals surface area contributed by atoms with Gasteiger partial charge in [-0.25, -0.2) is 0 Å². The molecular weight excluding hydrogens is 274 g/mol. The molecule has 0 aliphatic carbocycles. The first-order chi connectivity index (χ1) is 9.74. The summed E-state index contributed by atoms with van der Waals surface area (Å²) < 4.78 is 0. The van der Waals surface area contributed by atoms with Crippen LogP contribution in [-0.2, 0) is 0 Å². The van der Waals surface area contributed by atoms with Crippen molar-refractivity contribution in [3.8, 4) is 0 Å². The van der Waals surface area contributed by atoms with E-state index in [1.807, 2.05) is 23.1 Å². The number of likely N-dealkylation sites (tertiary alicyclic amines) is 1. The van der Waals surface area contributed by atoms with Crippen LogP contribution in [-0.4, -0.2) is 34.1 Å². The summed E-state index contributed by atoms with van der Waals surface area (Å²) in [5, 5.41) is 7.86. The third-order valence-corrected chi connectivity index (χ3v) is 3.80. The molecule has 2 aromatic rings. The smallest absolute Gasteiger partial charge is 0.274 e. The van der Waals surface area contributed by atoms with Gasteiger partial charge in [0.25, 0.3) is 5.91 Å². The second-order valence-electron chi connectivity index (χ2n) is 4.89. The molecule has 1 atom stereocenters. The molecule has 1 aromatic carbocycles. The predicted octanol–water partition coefficient (Wildman–Crippen LogP) is 2.76. The highest BCUT2D eigenvalue weighted by Crippen LogP contribution is 2.27. The Morgan fingerprint density at radius 2 is 1.95 bits per heavy atom. The van der Waals surface area contributed by atoms with Gasteiger partial charge in [0.2, 0.25) is 0 Å². The SMILES string of the molecule is O=C(c1ccc(Cl)nn1)N1CCC(c2ccccc2)C1. The van der Waals surface area contributed by atoms with Crippen molar-refractivity contribution in [2.45, 2.75) is 12.3 Å². The highest BCUT2D eigenvalue weighted by Gasteiger charge is 2.28. The number of nitrogens with zero attached hydrogens (tertiary/aromatic N) is 3. The molecule has 1 aliphatic rings. The van der Waals surface area contributed by atoms with Crippen LogP contribution < -0.4 is 0 Å². The number of benzene rings is 1. The maximum Gasteiger partial charge on any atom is 0.274 e. The number of hydrogen-bond acceptors (Lipinski definition) is 3. The fourth-order valence-electron chi connectivity index (χ4n) is 2.53. The predicted molar refractivity (Wildman–Crippen MR) is 76.7 cm³/mol. The molecule has 1 saturated heterocycles. The minimum Gasteiger partial charge on any atom is -0.337 e. The van der Waals surface area contributed by atoms with Crippen molar-refractivity contribution in [3.05, 3.63) is 58.9 Å². The molecule has 20 heavy (non-hydrogen) atoms. The van der Waals surface area contributed by atoms with Gasteiger partial charge < -0.3 is 4.90 Å². The average Bonchev–Trinajstić information content (AvgIpc) is 2.98. The van der Waals surface area contributed by atoms with Crippen molar-refractivity contribution < 1.29 is 4.79 Å². The zero-order chi connectivity index (χ0) is 13.9. The molecular formula is C15H14ClN3O. The van der Waals surface area contributed by atoms with Gasteiger partial charge in [-0.3, -0.25) is 4.79 Å². The van der Waals surface area contributed by atoms with E-state index in [2.05, 4.69) is 22.3 Å². The molecule has 0 saturated carbocycles. The number of carbonyl (C=O) groups excluding carboxylic acids is 1. The van der Waals surface area contributed by atoms with Gasteiger partial charge in [-0.05, 0) is 24.1 Å². The Morgan fingerprint density at radius 3 is 2.65 bits per heavy atom. The lowest BCUT2D eigenvalue weighted by Crippen LogP contribution is -2.29. The molecule has 0 spiro atoms. The molecule has 2 heterocycles. The quantitative estimate of drug-likeness (QED) is 0.853. The summed E-state index contributed by atoms with van der Waals surface area (Å²) in [5.74, 6) is 0.327. The Morgan fingerprint density at radius 1 is 1.15 bits per heavy atom. The molecule has 3 rings (SSSR count). The van der Waals surface area contributed by atoms with Crippen LogP contribution in [0.15, 0.2) is 42.5 Å². The van der Waals surface area contributed by atoms with Crippen molar-refractivity contribution in [1.82, 2.24) is 15.1 Å². The van der Waals surface area contributed by atoms with E-state index in [0.29, 0.717) is 16.8 Å². The largest absolute Gasteiger partial charge is 0.337 e. The maximum atomic E-state index is 12.3. The molecule has 1 unspecified atom stereocenters. The van der Waals surface area contributed by atoms with Crippen molar-refractivity contribution in [2.75, 3.05) is 13.1 Å². The lowest BCUT2D eigenvalue weighted by molar-refractivity contribution is 0.0784. The van der Waals surface area contributed by atoms with E-state index < -0.39 is 0 Å². The van der Waals surface area contributed by atoms with E-state index in [0.717, 1.165) is 19.5 Å². The van der Waals surface area contributed by atoms with Gasteiger partial charge in [0.05, 0.1) is 0 Å². The number of halogens is 1. The first-order valence-corrected chi connectivity index (χ1v) is 6.95. The van der Waals surface area contributed by atoms with Gasteiger partial charge >= 0.3 is 0 Å². The molecule has 0 radical (unpaired) electrons. The van der Waals surface area contributed by atoms with Crippen molar-refractivity contribution in [2.24, 2.45) is 0 Å². The highest BCUT2D eigenvalue weighted by atomic mass is 35.5. The number of carbonyl (C=O) groups is 1. The van der Waals surface area contributed by atoms with Crippen LogP contribution in [0.4, 0.5) is 0 Å². The average molecular weight is 288 g/mol. The van der Waals surface area contributed by atoms with Gasteiger partial charge in [-0.15, -0.1) is 10.2 Å². The Hall–Kier alpha value is -1.94. The second kappa shape index (κ2) is 5.59. The third-order valence-electron chi connectivity index (χ3n) is 3.60. The zero-order valence-corrected chi connectivity index (χ0v) is 11.6. The van der Waals surface area contributed by atoms with E-state index in [1.54, 1.807) is 12.1 Å². The first kappa shape index (κ1) is 13.1. The van der Waals surface area contributed by atoms with Crippen LogP contribution in [0.1, 0.15) is 28.4 Å². The van der Waals surface area contributed by atoms with Crippen LogP contribution in [0.2, 0.25) is 5.15 Å². The maximum absolute atomic E-state index is 12.3. The molecule has 5 heteroatoms. The molecule has 1 fully saturated rings. The molecule has 1 aliphatic heterocycles. The Kier molecular flexibility index (Phi) is 3.65. The van der Waals surface area contributed by atoms with Crippen LogP contribution in [0.3, 0.4) is 0 Å². The van der Waals surface area contributed by atoms with Gasteiger partial charge in [0.1, 0.15) is 0 Å². The second-order valence-corrected chi connectivity index (χ2v) is 5.28. The normalized spacial score (nSPS) is 18.2. The van der Waals surface area contributed by atoms with Crippen LogP contribution in [0.5, 0.6) is 0 Å². The third kappa shape index (κ3) is 2.65. The topological polar surface area (TPSA) is 46.1 Å². The Balaban J connectivity index is 1.71. The fraction of sp³-hybridized carbons (Fsp3) is 0.267. The number of rotatable bonds is 2. The summed E-state index contributed by atoms with van der Waals surface area (Å²) in [6.07, 6.45) is 0.983. The summed E-state index contributed by atoms with van der Waals surface area (Å²) in [7, 11) is 0. The minimum atomic E-state index is -0.0763. The fourth-order valence-corrected chi connectivity index (χ4v) is 2.63. The summed E-state index contributed by atoms with van der Waals surface area (Å²) in [6, 6.07) is 13.5. The van der Waals surface area contributed by atoms with Gasteiger partial charge in [0, 0.05) is 19.0 Å². The van der Waals surface area contributed by atoms with Crippen molar-refractivity contribution >= 4 is 17.5 Å². The minimum absolute atomic E-state index is 0.0763. The Labute approximate surface area is 122 Å². The van der Waals surface area contributed by atoms with E-state index in [9.17, 15) is 4.79 Å². The summed E-state index contributed by atoms with van der Waals surface area (Å²) in [5.41, 5.74) is 1.63. The summed E-state index contributed by atoms with van der Waals surface area (Å²) in [4.78, 5) is 14.1. The Bertz CT molecular complexity index is 600. The van der Waals surface area contributed by atoms with E-state index >= 15 is 0 Å². The van der Waals surface area contributed by atoms with Crippen LogP contribution >= 0.6 is 11.6 Å². The molecule has 4 nitrogen and oxygen atoms in total. The number of amides is 1. The lowest BCUT2D eigenvalue weighted by Gasteiger charge is -2.15. The van der Waals surface area contributed by atoms with Gasteiger partial charge in [-0.1, -0.05) is 41.9 Å². The monoisotopic (exact) mass is 287 g/mol. The highest BCUT2D eigenvalue weighted by molar-refractivity contribution is 6.29. The van der Waals surface area contributed by atoms with Gasteiger partial charge in [-0.2, -0.15) is 0 Å². The van der Waals surface area contributed by atoms with Gasteiger partial charge in [0.15, 0.2) is 10.8 Å². The first-order valence-electron chi connectivity index (χ1n) is 6.57. The van der Waals surface area contributed by atoms with E-state index in [4.69, 9.17) is 11.6 Å². The van der Waals surface area contributed by atoms with E-state index in [1.165, 1.54) is 5.56 Å². The van der Waals surface area contributed by atoms with E-state index in [-0.39, 0.29) is 5.91 Å². The van der Waals surface area contributed by atoms with Crippen molar-refractivity contribution in [1.29, 1.82) is 0 Å². The number of aromatic nitrogens is 2. The number of hydrogen-bond donors (Lipinski definition) is 0. The van der Waals surface area contributed by atoms with Crippen LogP contribution in [0, 0.1) is 0 Å². The lowest BCUT2D eigenvalue weighted by atomic mass is 9.99. The zero-order valence-electron chi connectivity index (χ0n) is 10.9. The standard InChI is InChI=1S/C15H14ClN3O/c16-14-7-6-13(17-18-14)15(20)19-9-8-12(10-19)11-4-2-1-3-5-11/h1-7,12H,8-10H2.